The van der Waals surface area contributed by atoms with Gasteiger partial charge in [-0.2, -0.15) is 0 Å². The molecule has 3 aliphatic rings. The van der Waals surface area contributed by atoms with Gasteiger partial charge in [0.25, 0.3) is 5.91 Å². The Morgan fingerprint density at radius 3 is 2.70 bits per heavy atom. The number of ether oxygens (including phenoxy) is 1. The van der Waals surface area contributed by atoms with Crippen LogP contribution in [-0.4, -0.2) is 52.9 Å². The van der Waals surface area contributed by atoms with E-state index in [1.807, 2.05) is 32.9 Å². The molecule has 9 nitrogen and oxygen atoms in total. The summed E-state index contributed by atoms with van der Waals surface area (Å²) in [5, 5.41) is 8.78. The lowest BCUT2D eigenvalue weighted by Gasteiger charge is -2.29. The van der Waals surface area contributed by atoms with Gasteiger partial charge in [-0.25, -0.2) is 4.79 Å². The molecule has 1 saturated carbocycles. The van der Waals surface area contributed by atoms with E-state index in [9.17, 15) is 19.2 Å². The Morgan fingerprint density at radius 2 is 1.97 bits per heavy atom. The first-order valence-corrected chi connectivity index (χ1v) is 11.6. The van der Waals surface area contributed by atoms with Crippen LogP contribution in [0.3, 0.4) is 0 Å². The van der Waals surface area contributed by atoms with Crippen LogP contribution in [-0.2, 0) is 20.9 Å². The number of anilines is 1. The van der Waals surface area contributed by atoms with Gasteiger partial charge in [-0.1, -0.05) is 6.07 Å². The van der Waals surface area contributed by atoms with E-state index >= 15 is 0 Å². The number of nitrogens with one attached hydrogen (secondary N) is 3. The maximum absolute atomic E-state index is 13.0. The second-order valence-corrected chi connectivity index (χ2v) is 10.1. The number of fused-ring (bicyclic) bond motifs is 1. The number of carbonyl (C=O) groups is 4. The maximum atomic E-state index is 13.0. The van der Waals surface area contributed by atoms with Gasteiger partial charge in [-0.3, -0.25) is 19.7 Å². The fraction of sp³-hybridized carbons (Fsp3) is 0.583. The minimum absolute atomic E-state index is 0.172. The van der Waals surface area contributed by atoms with Crippen molar-refractivity contribution in [2.24, 2.45) is 5.92 Å². The number of rotatable bonds is 5. The Morgan fingerprint density at radius 1 is 1.18 bits per heavy atom. The lowest BCUT2D eigenvalue weighted by atomic mass is 10.0. The van der Waals surface area contributed by atoms with Gasteiger partial charge in [0, 0.05) is 42.4 Å². The van der Waals surface area contributed by atoms with Gasteiger partial charge in [0.1, 0.15) is 11.6 Å². The molecule has 33 heavy (non-hydrogen) atoms. The van der Waals surface area contributed by atoms with Crippen LogP contribution in [0, 0.1) is 5.92 Å². The van der Waals surface area contributed by atoms with Crippen LogP contribution in [0.1, 0.15) is 68.8 Å². The molecule has 3 unspecified atom stereocenters. The van der Waals surface area contributed by atoms with Gasteiger partial charge in [-0.15, -0.1) is 0 Å². The van der Waals surface area contributed by atoms with Crippen LogP contribution in [0.15, 0.2) is 18.2 Å². The highest BCUT2D eigenvalue weighted by atomic mass is 16.6. The molecule has 0 spiro atoms. The molecule has 9 heteroatoms. The van der Waals surface area contributed by atoms with E-state index < -0.39 is 23.6 Å². The molecule has 1 aliphatic carbocycles. The zero-order valence-corrected chi connectivity index (χ0v) is 19.4. The second kappa shape index (κ2) is 9.03. The van der Waals surface area contributed by atoms with E-state index in [1.165, 1.54) is 0 Å². The maximum Gasteiger partial charge on any atom is 0.407 e. The molecule has 2 heterocycles. The van der Waals surface area contributed by atoms with E-state index in [4.69, 9.17) is 4.74 Å². The molecule has 1 saturated heterocycles. The van der Waals surface area contributed by atoms with E-state index in [1.54, 1.807) is 11.0 Å². The average Bonchev–Trinajstić information content (AvgIpc) is 3.31. The zero-order chi connectivity index (χ0) is 23.8. The van der Waals surface area contributed by atoms with Crippen LogP contribution >= 0.6 is 0 Å². The number of hydrogen-bond donors (Lipinski definition) is 3. The number of hydrogen-bond acceptors (Lipinski definition) is 6. The molecular weight excluding hydrogens is 424 g/mol. The predicted octanol–water partition coefficient (Wildman–Crippen LogP) is 2.55. The zero-order valence-electron chi connectivity index (χ0n) is 19.4. The van der Waals surface area contributed by atoms with Crippen molar-refractivity contribution < 1.29 is 23.9 Å². The van der Waals surface area contributed by atoms with Crippen LogP contribution in [0.4, 0.5) is 10.5 Å². The molecular formula is C24H32N4O5. The third-order valence-corrected chi connectivity index (χ3v) is 6.42. The normalized spacial score (nSPS) is 25.0. The number of benzene rings is 1. The molecule has 1 aromatic carbocycles. The Labute approximate surface area is 193 Å². The summed E-state index contributed by atoms with van der Waals surface area (Å²) in [5.74, 6) is -0.514. The Bertz CT molecular complexity index is 970. The Balaban J connectivity index is 1.35. The number of imide groups is 1. The smallest absolute Gasteiger partial charge is 0.407 e. The number of piperidine rings is 1. The standard InChI is InChI=1S/C24H32N4O5/c1-24(2,3)33-23(32)25-12-14-7-8-15(11-14)26-18-6-4-5-16-17(18)13-28(22(16)31)19-9-10-20(29)27-21(19)30/h4-6,14-15,19,26H,7-13H2,1-3H3,(H,25,32)(H,27,29,30). The van der Waals surface area contributed by atoms with Crippen molar-refractivity contribution in [3.8, 4) is 0 Å². The van der Waals surface area contributed by atoms with Crippen molar-refractivity contribution in [2.75, 3.05) is 11.9 Å². The molecule has 3 atom stereocenters. The summed E-state index contributed by atoms with van der Waals surface area (Å²) in [6, 6.07) is 5.22. The number of amides is 4. The first-order chi connectivity index (χ1) is 15.6. The van der Waals surface area contributed by atoms with E-state index in [0.717, 1.165) is 30.5 Å². The lowest BCUT2D eigenvalue weighted by molar-refractivity contribution is -0.136. The summed E-state index contributed by atoms with van der Waals surface area (Å²) >= 11 is 0. The first kappa shape index (κ1) is 23.1. The fourth-order valence-electron chi connectivity index (χ4n) is 4.87. The van der Waals surface area contributed by atoms with Gasteiger partial charge in [0.05, 0.1) is 0 Å². The van der Waals surface area contributed by atoms with Crippen LogP contribution < -0.4 is 16.0 Å². The minimum Gasteiger partial charge on any atom is -0.444 e. The summed E-state index contributed by atoms with van der Waals surface area (Å²) in [7, 11) is 0. The summed E-state index contributed by atoms with van der Waals surface area (Å²) in [4.78, 5) is 50.3. The first-order valence-electron chi connectivity index (χ1n) is 11.6. The molecule has 2 aliphatic heterocycles. The van der Waals surface area contributed by atoms with Crippen molar-refractivity contribution in [2.45, 2.75) is 77.1 Å². The van der Waals surface area contributed by atoms with Crippen molar-refractivity contribution in [3.05, 3.63) is 29.3 Å². The monoisotopic (exact) mass is 456 g/mol. The van der Waals surface area contributed by atoms with Gasteiger partial charge in [-0.05, 0) is 64.5 Å². The Kier molecular flexibility index (Phi) is 6.32. The molecule has 0 aromatic heterocycles. The molecule has 178 valence electrons. The molecule has 0 radical (unpaired) electrons. The molecule has 4 amide bonds. The SMILES string of the molecule is CC(C)(C)OC(=O)NCC1CCC(Nc2cccc3c2CN(C2CCC(=O)NC2=O)C3=O)C1. The third kappa shape index (κ3) is 5.29. The van der Waals surface area contributed by atoms with Crippen LogP contribution in [0.2, 0.25) is 0 Å². The topological polar surface area (TPSA) is 117 Å². The highest BCUT2D eigenvalue weighted by molar-refractivity contribution is 6.06. The molecule has 3 N–H and O–H groups in total. The summed E-state index contributed by atoms with van der Waals surface area (Å²) in [5.41, 5.74) is 1.88. The fourth-order valence-corrected chi connectivity index (χ4v) is 4.87. The minimum atomic E-state index is -0.620. The molecule has 4 rings (SSSR count). The number of alkyl carbamates (subject to hydrolysis) is 1. The van der Waals surface area contributed by atoms with E-state index in [0.29, 0.717) is 31.0 Å². The van der Waals surface area contributed by atoms with Crippen molar-refractivity contribution >= 4 is 29.5 Å². The summed E-state index contributed by atoms with van der Waals surface area (Å²) in [6.07, 6.45) is 3.06. The van der Waals surface area contributed by atoms with E-state index in [-0.39, 0.29) is 24.3 Å². The molecule has 1 aromatic rings. The van der Waals surface area contributed by atoms with Crippen LogP contribution in [0.25, 0.3) is 0 Å². The van der Waals surface area contributed by atoms with Gasteiger partial charge in [0.2, 0.25) is 11.8 Å². The largest absolute Gasteiger partial charge is 0.444 e. The van der Waals surface area contributed by atoms with Crippen molar-refractivity contribution in [1.82, 2.24) is 15.5 Å². The Hall–Kier alpha value is -3.10. The number of nitrogens with zero attached hydrogens (tertiary/aromatic N) is 1. The predicted molar refractivity (Wildman–Crippen MR) is 121 cm³/mol. The van der Waals surface area contributed by atoms with E-state index in [2.05, 4.69) is 16.0 Å². The van der Waals surface area contributed by atoms with Gasteiger partial charge < -0.3 is 20.3 Å². The number of carbonyl (C=O) groups excluding carboxylic acids is 4. The van der Waals surface area contributed by atoms with Gasteiger partial charge in [0.15, 0.2) is 0 Å². The lowest BCUT2D eigenvalue weighted by Crippen LogP contribution is -2.52. The quantitative estimate of drug-likeness (QED) is 0.587. The summed E-state index contributed by atoms with van der Waals surface area (Å²) < 4.78 is 5.30. The third-order valence-electron chi connectivity index (χ3n) is 6.42. The summed E-state index contributed by atoms with van der Waals surface area (Å²) in [6.45, 7) is 6.44. The highest BCUT2D eigenvalue weighted by Crippen LogP contribution is 2.35. The second-order valence-electron chi connectivity index (χ2n) is 10.1. The average molecular weight is 457 g/mol. The van der Waals surface area contributed by atoms with Crippen molar-refractivity contribution in [1.29, 1.82) is 0 Å². The highest BCUT2D eigenvalue weighted by Gasteiger charge is 2.40. The van der Waals surface area contributed by atoms with Crippen LogP contribution in [0.5, 0.6) is 0 Å². The molecule has 2 fully saturated rings. The van der Waals surface area contributed by atoms with Gasteiger partial charge >= 0.3 is 6.09 Å². The van der Waals surface area contributed by atoms with Crippen molar-refractivity contribution in [3.63, 3.8) is 0 Å². The molecule has 0 bridgehead atoms.